The van der Waals surface area contributed by atoms with Crippen molar-refractivity contribution in [1.82, 2.24) is 0 Å². The lowest BCUT2D eigenvalue weighted by molar-refractivity contribution is -0.126. The van der Waals surface area contributed by atoms with Gasteiger partial charge >= 0.3 is 0 Å². The summed E-state index contributed by atoms with van der Waals surface area (Å²) in [6.07, 6.45) is 4.70. The molecule has 1 aromatic heterocycles. The van der Waals surface area contributed by atoms with Crippen LogP contribution in [-0.4, -0.2) is 23.0 Å². The molecule has 1 fully saturated rings. The van der Waals surface area contributed by atoms with Gasteiger partial charge in [-0.1, -0.05) is 0 Å². The molecule has 2 aliphatic rings. The monoisotopic (exact) mass is 280 g/mol. The van der Waals surface area contributed by atoms with Gasteiger partial charge in [0.25, 0.3) is 0 Å². The van der Waals surface area contributed by atoms with E-state index >= 15 is 0 Å². The van der Waals surface area contributed by atoms with E-state index in [0.717, 1.165) is 12.8 Å². The van der Waals surface area contributed by atoms with Crippen molar-refractivity contribution in [3.63, 3.8) is 0 Å². The van der Waals surface area contributed by atoms with Crippen molar-refractivity contribution in [2.75, 3.05) is 0 Å². The Labute approximate surface area is 115 Å². The maximum absolute atomic E-state index is 12.4. The van der Waals surface area contributed by atoms with E-state index in [0.29, 0.717) is 6.42 Å². The molecule has 0 radical (unpaired) electrons. The molecule has 1 aliphatic heterocycles. The Bertz CT molecular complexity index is 532. The van der Waals surface area contributed by atoms with Gasteiger partial charge in [-0.25, -0.2) is 0 Å². The molecule has 0 saturated heterocycles. The van der Waals surface area contributed by atoms with Crippen LogP contribution in [0.5, 0.6) is 0 Å². The van der Waals surface area contributed by atoms with Gasteiger partial charge in [-0.15, -0.1) is 11.6 Å². The smallest absolute Gasteiger partial charge is 0.234 e. The predicted molar refractivity (Wildman–Crippen MR) is 68.0 cm³/mol. The minimum Gasteiger partial charge on any atom is -0.496 e. The number of alkyl halides is 1. The third-order valence-corrected chi connectivity index (χ3v) is 4.07. The summed E-state index contributed by atoms with van der Waals surface area (Å²) < 4.78 is 10.6. The molecule has 0 amide bonds. The zero-order valence-corrected chi connectivity index (χ0v) is 10.9. The second kappa shape index (κ2) is 4.85. The maximum Gasteiger partial charge on any atom is 0.234 e. The van der Waals surface area contributed by atoms with E-state index < -0.39 is 5.78 Å². The van der Waals surface area contributed by atoms with Crippen molar-refractivity contribution in [2.45, 2.75) is 30.7 Å². The van der Waals surface area contributed by atoms with Crippen LogP contribution in [0.25, 0.3) is 0 Å². The van der Waals surface area contributed by atoms with Crippen molar-refractivity contribution in [3.8, 4) is 0 Å². The molecule has 1 saturated carbocycles. The minimum absolute atomic E-state index is 0.0214. The Morgan fingerprint density at radius 3 is 2.95 bits per heavy atom. The zero-order chi connectivity index (χ0) is 13.4. The van der Waals surface area contributed by atoms with Gasteiger partial charge in [0.1, 0.15) is 11.7 Å². The Hall–Kier alpha value is -1.55. The van der Waals surface area contributed by atoms with Crippen molar-refractivity contribution in [1.29, 1.82) is 0 Å². The average molecular weight is 281 g/mol. The largest absolute Gasteiger partial charge is 0.496 e. The Balaban J connectivity index is 1.85. The van der Waals surface area contributed by atoms with E-state index in [1.807, 2.05) is 0 Å². The van der Waals surface area contributed by atoms with Crippen LogP contribution in [0.1, 0.15) is 29.8 Å². The normalized spacial score (nSPS) is 30.3. The first kappa shape index (κ1) is 12.5. The average Bonchev–Trinajstić information content (AvgIpc) is 2.93. The molecule has 0 bridgehead atoms. The van der Waals surface area contributed by atoms with Crippen LogP contribution in [-0.2, 0) is 9.53 Å². The molecule has 1 aromatic rings. The third-order valence-electron chi connectivity index (χ3n) is 3.68. The van der Waals surface area contributed by atoms with Crippen molar-refractivity contribution >= 4 is 23.2 Å². The van der Waals surface area contributed by atoms with Crippen LogP contribution in [0, 0.1) is 5.92 Å². The second-order valence-corrected chi connectivity index (χ2v) is 5.51. The summed E-state index contributed by atoms with van der Waals surface area (Å²) in [7, 11) is 0. The molecule has 1 aliphatic carbocycles. The van der Waals surface area contributed by atoms with Crippen molar-refractivity contribution in [2.24, 2.45) is 5.92 Å². The molecule has 0 spiro atoms. The topological polar surface area (TPSA) is 56.5 Å². The van der Waals surface area contributed by atoms with Crippen LogP contribution < -0.4 is 0 Å². The molecule has 0 aromatic carbocycles. The first-order chi connectivity index (χ1) is 9.16. The molecular weight excluding hydrogens is 268 g/mol. The van der Waals surface area contributed by atoms with Crippen LogP contribution in [0.2, 0.25) is 0 Å². The van der Waals surface area contributed by atoms with Gasteiger partial charge in [0, 0.05) is 5.38 Å². The van der Waals surface area contributed by atoms with Crippen LogP contribution in [0.3, 0.4) is 0 Å². The van der Waals surface area contributed by atoms with Crippen LogP contribution >= 0.6 is 11.6 Å². The lowest BCUT2D eigenvalue weighted by Crippen LogP contribution is -2.41. The van der Waals surface area contributed by atoms with E-state index in [2.05, 4.69) is 0 Å². The lowest BCUT2D eigenvalue weighted by Gasteiger charge is -2.35. The second-order valence-electron chi connectivity index (χ2n) is 4.89. The minimum atomic E-state index is -0.426. The number of fused-ring (bicyclic) bond motifs is 1. The quantitative estimate of drug-likeness (QED) is 0.475. The summed E-state index contributed by atoms with van der Waals surface area (Å²) in [5.41, 5.74) is 0.0574. The number of hydrogen-bond acceptors (Lipinski definition) is 4. The summed E-state index contributed by atoms with van der Waals surface area (Å²) in [5, 5.41) is -0.0214. The Kier molecular flexibility index (Phi) is 3.19. The van der Waals surface area contributed by atoms with Gasteiger partial charge in [0.15, 0.2) is 11.5 Å². The van der Waals surface area contributed by atoms with Crippen LogP contribution in [0.15, 0.2) is 34.6 Å². The fraction of sp³-hybridized carbons (Fsp3) is 0.429. The number of rotatable bonds is 2. The highest BCUT2D eigenvalue weighted by Crippen LogP contribution is 2.36. The number of furan rings is 1. The number of ketones is 2. The summed E-state index contributed by atoms with van der Waals surface area (Å²) >= 11 is 6.10. The number of carbonyl (C=O) groups is 2. The molecule has 2 heterocycles. The molecule has 3 atom stereocenters. The van der Waals surface area contributed by atoms with E-state index in [-0.39, 0.29) is 34.5 Å². The van der Waals surface area contributed by atoms with E-state index in [9.17, 15) is 9.59 Å². The predicted octanol–water partition coefficient (Wildman–Crippen LogP) is 2.72. The third kappa shape index (κ3) is 2.21. The number of carbonyl (C=O) groups excluding carboxylic acids is 2. The van der Waals surface area contributed by atoms with Gasteiger partial charge in [0.2, 0.25) is 5.78 Å². The maximum atomic E-state index is 12.4. The fourth-order valence-corrected chi connectivity index (χ4v) is 2.97. The Morgan fingerprint density at radius 2 is 2.21 bits per heavy atom. The van der Waals surface area contributed by atoms with Crippen molar-refractivity contribution < 1.29 is 18.7 Å². The van der Waals surface area contributed by atoms with E-state index in [4.69, 9.17) is 20.8 Å². The number of Topliss-reactive ketones (excluding diaryl/α,β-unsaturated/α-hetero) is 2. The molecule has 5 heteroatoms. The van der Waals surface area contributed by atoms with E-state index in [1.54, 1.807) is 6.07 Å². The molecule has 3 rings (SSSR count). The molecule has 19 heavy (non-hydrogen) atoms. The van der Waals surface area contributed by atoms with Gasteiger partial charge in [-0.2, -0.15) is 0 Å². The first-order valence-electron chi connectivity index (χ1n) is 6.29. The zero-order valence-electron chi connectivity index (χ0n) is 10.2. The summed E-state index contributed by atoms with van der Waals surface area (Å²) in [6, 6.07) is 3.15. The number of ether oxygens (including phenoxy) is 1. The lowest BCUT2D eigenvalue weighted by atomic mass is 9.79. The van der Waals surface area contributed by atoms with Gasteiger partial charge < -0.3 is 9.15 Å². The number of allylic oxidation sites excluding steroid dienone is 1. The van der Waals surface area contributed by atoms with Crippen LogP contribution in [0.4, 0.5) is 0 Å². The van der Waals surface area contributed by atoms with Gasteiger partial charge in [-0.05, 0) is 31.4 Å². The summed E-state index contributed by atoms with van der Waals surface area (Å²) in [5.74, 6) is -0.761. The number of halogens is 1. The SMILES string of the molecule is O=C(C1=COC2CCC(Cl)CC2C1=O)c1ccco1. The van der Waals surface area contributed by atoms with Gasteiger partial charge in [-0.3, -0.25) is 9.59 Å². The van der Waals surface area contributed by atoms with Crippen molar-refractivity contribution in [3.05, 3.63) is 36.0 Å². The first-order valence-corrected chi connectivity index (χ1v) is 6.72. The number of hydrogen-bond donors (Lipinski definition) is 0. The summed E-state index contributed by atoms with van der Waals surface area (Å²) in [6.45, 7) is 0. The van der Waals surface area contributed by atoms with E-state index in [1.165, 1.54) is 18.6 Å². The fourth-order valence-electron chi connectivity index (χ4n) is 2.65. The molecule has 0 N–H and O–H groups in total. The highest BCUT2D eigenvalue weighted by atomic mass is 35.5. The molecule has 4 nitrogen and oxygen atoms in total. The molecule has 100 valence electrons. The molecule has 3 unspecified atom stereocenters. The summed E-state index contributed by atoms with van der Waals surface area (Å²) in [4.78, 5) is 24.5. The highest BCUT2D eigenvalue weighted by Gasteiger charge is 2.41. The standard InChI is InChI=1S/C14H13ClO4/c15-8-3-4-11-9(6-8)13(16)10(7-19-11)14(17)12-2-1-5-18-12/h1-2,5,7-9,11H,3-4,6H2. The molecular formula is C14H13ClO4. The highest BCUT2D eigenvalue weighted by molar-refractivity contribution is 6.26. The Morgan fingerprint density at radius 1 is 1.37 bits per heavy atom. The van der Waals surface area contributed by atoms with Gasteiger partial charge in [0.05, 0.1) is 18.4 Å².